The van der Waals surface area contributed by atoms with Crippen LogP contribution < -0.4 is 5.32 Å². The number of carbonyl (C=O) groups excluding carboxylic acids is 1. The number of nitro benzene ring substituents is 1. The van der Waals surface area contributed by atoms with Gasteiger partial charge in [0.05, 0.1) is 11.0 Å². The minimum Gasteiger partial charge on any atom is -0.377 e. The summed E-state index contributed by atoms with van der Waals surface area (Å²) < 4.78 is 0. The van der Waals surface area contributed by atoms with E-state index in [1.54, 1.807) is 23.5 Å². The van der Waals surface area contributed by atoms with E-state index in [0.29, 0.717) is 23.8 Å². The van der Waals surface area contributed by atoms with E-state index in [0.717, 1.165) is 19.3 Å². The number of anilines is 1. The summed E-state index contributed by atoms with van der Waals surface area (Å²) in [5.41, 5.74) is 2.03. The molecule has 6 nitrogen and oxygen atoms in total. The molecule has 1 atom stereocenters. The van der Waals surface area contributed by atoms with Crippen molar-refractivity contribution in [1.82, 2.24) is 4.90 Å². The zero-order valence-electron chi connectivity index (χ0n) is 13.9. The topological polar surface area (TPSA) is 75.5 Å². The van der Waals surface area contributed by atoms with Crippen LogP contribution in [0.4, 0.5) is 11.4 Å². The number of nitrogens with zero attached hydrogens (tertiary/aromatic N) is 2. The predicted octanol–water partition coefficient (Wildman–Crippen LogP) is 3.99. The van der Waals surface area contributed by atoms with Crippen LogP contribution in [-0.2, 0) is 6.42 Å². The number of benzene rings is 1. The summed E-state index contributed by atoms with van der Waals surface area (Å²) in [6.07, 6.45) is 2.91. The number of fused-ring (bicyclic) bond motifs is 1. The lowest BCUT2D eigenvalue weighted by atomic mass is 10.00. The standard InChI is InChI=1S/C18H19N3O3S/c1-11-14-7-9-25-17(14)6-8-20(11)18(22)12-2-5-15(19-13-3-4-13)16(10-12)21(23)24/h2,5,7,9-11,13,19H,3-4,6,8H2,1H3/t11-/m1/s1. The smallest absolute Gasteiger partial charge is 0.293 e. The second kappa shape index (κ2) is 6.15. The number of nitrogens with one attached hydrogen (secondary N) is 1. The largest absolute Gasteiger partial charge is 0.377 e. The Hall–Kier alpha value is -2.41. The molecular formula is C18H19N3O3S. The van der Waals surface area contributed by atoms with Gasteiger partial charge >= 0.3 is 0 Å². The van der Waals surface area contributed by atoms with Crippen LogP contribution in [-0.4, -0.2) is 28.3 Å². The van der Waals surface area contributed by atoms with Crippen molar-refractivity contribution in [2.75, 3.05) is 11.9 Å². The van der Waals surface area contributed by atoms with Gasteiger partial charge in [0.25, 0.3) is 11.6 Å². The summed E-state index contributed by atoms with van der Waals surface area (Å²) in [5, 5.41) is 16.6. The molecule has 0 unspecified atom stereocenters. The first-order valence-corrected chi connectivity index (χ1v) is 9.35. The van der Waals surface area contributed by atoms with Crippen LogP contribution in [0.3, 0.4) is 0 Å². The van der Waals surface area contributed by atoms with Crippen LogP contribution in [0.5, 0.6) is 0 Å². The maximum Gasteiger partial charge on any atom is 0.293 e. The van der Waals surface area contributed by atoms with Crippen LogP contribution in [0.1, 0.15) is 46.6 Å². The molecule has 130 valence electrons. The Morgan fingerprint density at radius 1 is 1.36 bits per heavy atom. The van der Waals surface area contributed by atoms with Crippen LogP contribution in [0, 0.1) is 10.1 Å². The number of hydrogen-bond acceptors (Lipinski definition) is 5. The fourth-order valence-corrected chi connectivity index (χ4v) is 4.30. The molecular weight excluding hydrogens is 338 g/mol. The van der Waals surface area contributed by atoms with Crippen molar-refractivity contribution in [3.63, 3.8) is 0 Å². The monoisotopic (exact) mass is 357 g/mol. The van der Waals surface area contributed by atoms with Crippen molar-refractivity contribution < 1.29 is 9.72 Å². The molecule has 1 saturated carbocycles. The maximum atomic E-state index is 12.9. The Labute approximate surface area is 149 Å². The Morgan fingerprint density at radius 3 is 2.88 bits per heavy atom. The minimum atomic E-state index is -0.419. The summed E-state index contributed by atoms with van der Waals surface area (Å²) in [6.45, 7) is 2.66. The van der Waals surface area contributed by atoms with E-state index < -0.39 is 4.92 Å². The molecule has 1 aromatic heterocycles. The van der Waals surface area contributed by atoms with Crippen molar-refractivity contribution in [3.8, 4) is 0 Å². The van der Waals surface area contributed by atoms with Gasteiger partial charge in [-0.3, -0.25) is 14.9 Å². The maximum absolute atomic E-state index is 12.9. The molecule has 4 rings (SSSR count). The lowest BCUT2D eigenvalue weighted by Gasteiger charge is -2.33. The van der Waals surface area contributed by atoms with E-state index >= 15 is 0 Å². The third-order valence-corrected chi connectivity index (χ3v) is 5.91. The second-order valence-corrected chi connectivity index (χ2v) is 7.63. The number of rotatable bonds is 4. The predicted molar refractivity (Wildman–Crippen MR) is 97.2 cm³/mol. The lowest BCUT2D eigenvalue weighted by Crippen LogP contribution is -2.38. The Morgan fingerprint density at radius 2 is 2.16 bits per heavy atom. The van der Waals surface area contributed by atoms with Gasteiger partial charge in [0, 0.05) is 29.1 Å². The highest BCUT2D eigenvalue weighted by molar-refractivity contribution is 7.10. The van der Waals surface area contributed by atoms with Gasteiger partial charge in [-0.1, -0.05) is 0 Å². The van der Waals surface area contributed by atoms with E-state index in [4.69, 9.17) is 0 Å². The third-order valence-electron chi connectivity index (χ3n) is 4.92. The Kier molecular flexibility index (Phi) is 3.95. The van der Waals surface area contributed by atoms with Crippen molar-refractivity contribution in [2.24, 2.45) is 0 Å². The van der Waals surface area contributed by atoms with E-state index in [1.165, 1.54) is 16.5 Å². The van der Waals surface area contributed by atoms with Crippen molar-refractivity contribution in [1.29, 1.82) is 0 Å². The first-order valence-electron chi connectivity index (χ1n) is 8.47. The molecule has 0 spiro atoms. The number of amides is 1. The van der Waals surface area contributed by atoms with Gasteiger partial charge in [-0.25, -0.2) is 0 Å². The molecule has 0 radical (unpaired) electrons. The van der Waals surface area contributed by atoms with Crippen LogP contribution in [0.15, 0.2) is 29.6 Å². The first-order chi connectivity index (χ1) is 12.0. The molecule has 7 heteroatoms. The van der Waals surface area contributed by atoms with Crippen molar-refractivity contribution in [2.45, 2.75) is 38.3 Å². The van der Waals surface area contributed by atoms with E-state index in [1.807, 2.05) is 11.8 Å². The summed E-state index contributed by atoms with van der Waals surface area (Å²) in [5.74, 6) is -0.148. The molecule has 1 fully saturated rings. The van der Waals surface area contributed by atoms with Crippen LogP contribution in [0.2, 0.25) is 0 Å². The van der Waals surface area contributed by atoms with Crippen molar-refractivity contribution in [3.05, 3.63) is 55.8 Å². The van der Waals surface area contributed by atoms with E-state index in [2.05, 4.69) is 16.8 Å². The van der Waals surface area contributed by atoms with Gasteiger partial charge in [-0.2, -0.15) is 0 Å². The Balaban J connectivity index is 1.61. The summed E-state index contributed by atoms with van der Waals surface area (Å²) in [4.78, 5) is 27.1. The van der Waals surface area contributed by atoms with Gasteiger partial charge in [-0.15, -0.1) is 11.3 Å². The van der Waals surface area contributed by atoms with Crippen LogP contribution >= 0.6 is 11.3 Å². The SMILES string of the molecule is C[C@@H]1c2ccsc2CCN1C(=O)c1ccc(NC2CC2)c([N+](=O)[O-])c1. The van der Waals surface area contributed by atoms with Gasteiger partial charge in [0.15, 0.2) is 0 Å². The highest BCUT2D eigenvalue weighted by atomic mass is 32.1. The quantitative estimate of drug-likeness (QED) is 0.663. The molecule has 1 N–H and O–H groups in total. The van der Waals surface area contributed by atoms with Gasteiger partial charge in [0.2, 0.25) is 0 Å². The summed E-state index contributed by atoms with van der Waals surface area (Å²) >= 11 is 1.72. The second-order valence-electron chi connectivity index (χ2n) is 6.63. The summed E-state index contributed by atoms with van der Waals surface area (Å²) in [6, 6.07) is 7.13. The highest BCUT2D eigenvalue weighted by Gasteiger charge is 2.31. The van der Waals surface area contributed by atoms with Crippen LogP contribution in [0.25, 0.3) is 0 Å². The number of nitro groups is 1. The minimum absolute atomic E-state index is 0.00850. The average molecular weight is 357 g/mol. The fraction of sp³-hybridized carbons (Fsp3) is 0.389. The number of hydrogen-bond donors (Lipinski definition) is 1. The molecule has 1 amide bonds. The lowest BCUT2D eigenvalue weighted by molar-refractivity contribution is -0.384. The van der Waals surface area contributed by atoms with E-state index in [-0.39, 0.29) is 17.6 Å². The molecule has 2 aromatic rings. The first kappa shape index (κ1) is 16.1. The zero-order chi connectivity index (χ0) is 17.6. The molecule has 1 aliphatic carbocycles. The van der Waals surface area contributed by atoms with Gasteiger partial charge in [0.1, 0.15) is 5.69 Å². The Bertz CT molecular complexity index is 844. The third kappa shape index (κ3) is 3.00. The number of thiophene rings is 1. The molecule has 1 aliphatic heterocycles. The molecule has 0 saturated heterocycles. The molecule has 2 heterocycles. The zero-order valence-corrected chi connectivity index (χ0v) is 14.7. The molecule has 2 aliphatic rings. The fourth-order valence-electron chi connectivity index (χ4n) is 3.34. The summed E-state index contributed by atoms with van der Waals surface area (Å²) in [7, 11) is 0. The average Bonchev–Trinajstić information content (AvgIpc) is 3.28. The van der Waals surface area contributed by atoms with Gasteiger partial charge in [-0.05, 0) is 55.3 Å². The molecule has 0 bridgehead atoms. The molecule has 1 aromatic carbocycles. The van der Waals surface area contributed by atoms with E-state index in [9.17, 15) is 14.9 Å². The molecule has 25 heavy (non-hydrogen) atoms. The van der Waals surface area contributed by atoms with Gasteiger partial charge < -0.3 is 10.2 Å². The van der Waals surface area contributed by atoms with Crippen molar-refractivity contribution >= 4 is 28.6 Å². The normalized spacial score (nSPS) is 19.4. The number of carbonyl (C=O) groups is 1. The highest BCUT2D eigenvalue weighted by Crippen LogP contribution is 2.35.